The Morgan fingerprint density at radius 2 is 1.58 bits per heavy atom. The number of hydrogen-bond acceptors (Lipinski definition) is 4. The van der Waals surface area contributed by atoms with Crippen molar-refractivity contribution in [2.75, 3.05) is 13.1 Å². The molecule has 0 radical (unpaired) electrons. The first-order chi connectivity index (χ1) is 14.4. The second kappa shape index (κ2) is 10.3. The SMILES string of the molecule is CC(Oc1ccccc1C(C)C)C(=O)NCCNS(=O)(=O)c1ccc(C(C)(C)C)cc1. The summed E-state index contributed by atoms with van der Waals surface area (Å²) >= 11 is 0. The normalized spacial score (nSPS) is 13.1. The summed E-state index contributed by atoms with van der Waals surface area (Å²) in [5.74, 6) is 0.658. The Labute approximate surface area is 186 Å². The molecular formula is C24H34N2O4S. The van der Waals surface area contributed by atoms with Gasteiger partial charge in [0.25, 0.3) is 5.91 Å². The van der Waals surface area contributed by atoms with Gasteiger partial charge in [0, 0.05) is 13.1 Å². The number of nitrogens with one attached hydrogen (secondary N) is 2. The van der Waals surface area contributed by atoms with Gasteiger partial charge in [0.1, 0.15) is 5.75 Å². The second-order valence-electron chi connectivity index (χ2n) is 8.92. The molecule has 2 N–H and O–H groups in total. The highest BCUT2D eigenvalue weighted by atomic mass is 32.2. The highest BCUT2D eigenvalue weighted by molar-refractivity contribution is 7.89. The predicted molar refractivity (Wildman–Crippen MR) is 124 cm³/mol. The number of benzene rings is 2. The van der Waals surface area contributed by atoms with Crippen LogP contribution in [0.3, 0.4) is 0 Å². The third-order valence-electron chi connectivity index (χ3n) is 4.96. The van der Waals surface area contributed by atoms with Crippen molar-refractivity contribution >= 4 is 15.9 Å². The number of sulfonamides is 1. The summed E-state index contributed by atoms with van der Waals surface area (Å²) < 4.78 is 33.3. The highest BCUT2D eigenvalue weighted by Crippen LogP contribution is 2.26. The molecule has 0 aliphatic heterocycles. The molecule has 0 saturated heterocycles. The Morgan fingerprint density at radius 1 is 0.968 bits per heavy atom. The molecule has 0 fully saturated rings. The van der Waals surface area contributed by atoms with Crippen LogP contribution in [0.4, 0.5) is 0 Å². The minimum Gasteiger partial charge on any atom is -0.481 e. The maximum absolute atomic E-state index is 12.5. The second-order valence-corrected chi connectivity index (χ2v) is 10.7. The van der Waals surface area contributed by atoms with Gasteiger partial charge in [-0.05, 0) is 47.6 Å². The maximum atomic E-state index is 12.5. The molecule has 0 heterocycles. The molecule has 1 unspecified atom stereocenters. The molecule has 0 aliphatic rings. The van der Waals surface area contributed by atoms with Crippen LogP contribution in [0, 0.1) is 0 Å². The Bertz CT molecular complexity index is 977. The Hall–Kier alpha value is -2.38. The summed E-state index contributed by atoms with van der Waals surface area (Å²) in [5, 5.41) is 2.71. The fraction of sp³-hybridized carbons (Fsp3) is 0.458. The van der Waals surface area contributed by atoms with Gasteiger partial charge in [-0.25, -0.2) is 13.1 Å². The Kier molecular flexibility index (Phi) is 8.26. The van der Waals surface area contributed by atoms with Gasteiger partial charge in [-0.15, -0.1) is 0 Å². The van der Waals surface area contributed by atoms with E-state index in [1.165, 1.54) is 0 Å². The van der Waals surface area contributed by atoms with Gasteiger partial charge in [-0.3, -0.25) is 4.79 Å². The van der Waals surface area contributed by atoms with Crippen molar-refractivity contribution in [3.8, 4) is 5.75 Å². The van der Waals surface area contributed by atoms with Gasteiger partial charge in [0.15, 0.2) is 6.10 Å². The number of hydrogen-bond donors (Lipinski definition) is 2. The van der Waals surface area contributed by atoms with E-state index in [0.717, 1.165) is 11.1 Å². The van der Waals surface area contributed by atoms with Gasteiger partial charge < -0.3 is 10.1 Å². The van der Waals surface area contributed by atoms with Crippen molar-refractivity contribution in [2.24, 2.45) is 0 Å². The van der Waals surface area contributed by atoms with Gasteiger partial charge in [0.2, 0.25) is 10.0 Å². The third kappa shape index (κ3) is 7.08. The number of amides is 1. The summed E-state index contributed by atoms with van der Waals surface area (Å²) in [4.78, 5) is 12.5. The van der Waals surface area contributed by atoms with Gasteiger partial charge in [-0.2, -0.15) is 0 Å². The number of carbonyl (C=O) groups excluding carboxylic acids is 1. The minimum absolute atomic E-state index is 0.0472. The Morgan fingerprint density at radius 3 is 2.16 bits per heavy atom. The summed E-state index contributed by atoms with van der Waals surface area (Å²) in [7, 11) is -3.64. The third-order valence-corrected chi connectivity index (χ3v) is 6.44. The molecule has 31 heavy (non-hydrogen) atoms. The van der Waals surface area contributed by atoms with Crippen LogP contribution in [0.25, 0.3) is 0 Å². The lowest BCUT2D eigenvalue weighted by molar-refractivity contribution is -0.127. The van der Waals surface area contributed by atoms with E-state index < -0.39 is 16.1 Å². The minimum atomic E-state index is -3.64. The summed E-state index contributed by atoms with van der Waals surface area (Å²) in [6.07, 6.45) is -0.693. The van der Waals surface area contributed by atoms with Crippen LogP contribution < -0.4 is 14.8 Å². The number of rotatable bonds is 9. The molecule has 0 aliphatic carbocycles. The van der Waals surface area contributed by atoms with Gasteiger partial charge in [-0.1, -0.05) is 65.0 Å². The van der Waals surface area contributed by atoms with E-state index in [4.69, 9.17) is 4.74 Å². The van der Waals surface area contributed by atoms with E-state index in [9.17, 15) is 13.2 Å². The lowest BCUT2D eigenvalue weighted by atomic mass is 9.87. The molecule has 1 atom stereocenters. The largest absolute Gasteiger partial charge is 0.481 e. The predicted octanol–water partition coefficient (Wildman–Crippen LogP) is 3.97. The summed E-state index contributed by atoms with van der Waals surface area (Å²) in [6, 6.07) is 14.5. The number of carbonyl (C=O) groups is 1. The van der Waals surface area contributed by atoms with Crippen molar-refractivity contribution in [1.82, 2.24) is 10.0 Å². The highest BCUT2D eigenvalue weighted by Gasteiger charge is 2.19. The Balaban J connectivity index is 1.85. The zero-order valence-corrected chi connectivity index (χ0v) is 20.0. The first kappa shape index (κ1) is 24.9. The molecule has 0 aromatic heterocycles. The van der Waals surface area contributed by atoms with Gasteiger partial charge in [0.05, 0.1) is 4.90 Å². The topological polar surface area (TPSA) is 84.5 Å². The number of para-hydroxylation sites is 1. The van der Waals surface area contributed by atoms with Crippen molar-refractivity contribution in [3.63, 3.8) is 0 Å². The molecular weight excluding hydrogens is 412 g/mol. The molecule has 0 spiro atoms. The van der Waals surface area contributed by atoms with E-state index in [-0.39, 0.29) is 35.2 Å². The molecule has 6 nitrogen and oxygen atoms in total. The molecule has 2 rings (SSSR count). The summed E-state index contributed by atoms with van der Waals surface area (Å²) in [5.41, 5.74) is 2.05. The molecule has 170 valence electrons. The van der Waals surface area contributed by atoms with Crippen LogP contribution >= 0.6 is 0 Å². The van der Waals surface area contributed by atoms with E-state index in [2.05, 4.69) is 44.7 Å². The summed E-state index contributed by atoms with van der Waals surface area (Å²) in [6.45, 7) is 12.3. The van der Waals surface area contributed by atoms with Crippen LogP contribution in [0.2, 0.25) is 0 Å². The fourth-order valence-electron chi connectivity index (χ4n) is 3.04. The lowest BCUT2D eigenvalue weighted by Crippen LogP contribution is -2.40. The maximum Gasteiger partial charge on any atom is 0.260 e. The zero-order valence-electron chi connectivity index (χ0n) is 19.2. The molecule has 2 aromatic rings. The van der Waals surface area contributed by atoms with Gasteiger partial charge >= 0.3 is 0 Å². The van der Waals surface area contributed by atoms with Crippen LogP contribution in [-0.2, 0) is 20.2 Å². The van der Waals surface area contributed by atoms with Crippen molar-refractivity contribution < 1.29 is 17.9 Å². The smallest absolute Gasteiger partial charge is 0.260 e. The molecule has 7 heteroatoms. The van der Waals surface area contributed by atoms with Crippen molar-refractivity contribution in [1.29, 1.82) is 0 Å². The van der Waals surface area contributed by atoms with Crippen LogP contribution in [-0.4, -0.2) is 33.5 Å². The fourth-order valence-corrected chi connectivity index (χ4v) is 4.07. The first-order valence-electron chi connectivity index (χ1n) is 10.6. The first-order valence-corrected chi connectivity index (χ1v) is 12.0. The van der Waals surface area contributed by atoms with E-state index in [0.29, 0.717) is 5.75 Å². The monoisotopic (exact) mass is 446 g/mol. The number of ether oxygens (including phenoxy) is 1. The lowest BCUT2D eigenvalue weighted by Gasteiger charge is -2.19. The molecule has 0 saturated carbocycles. The van der Waals surface area contributed by atoms with Crippen molar-refractivity contribution in [3.05, 3.63) is 59.7 Å². The molecule has 1 amide bonds. The quantitative estimate of drug-likeness (QED) is 0.571. The molecule has 2 aromatic carbocycles. The van der Waals surface area contributed by atoms with Crippen LogP contribution in [0.5, 0.6) is 5.75 Å². The van der Waals surface area contributed by atoms with E-state index in [1.807, 2.05) is 36.4 Å². The average Bonchev–Trinajstić information content (AvgIpc) is 2.70. The molecule has 0 bridgehead atoms. The van der Waals surface area contributed by atoms with Crippen LogP contribution in [0.1, 0.15) is 58.6 Å². The zero-order chi connectivity index (χ0) is 23.2. The van der Waals surface area contributed by atoms with Crippen molar-refractivity contribution in [2.45, 2.75) is 63.9 Å². The van der Waals surface area contributed by atoms with E-state index in [1.54, 1.807) is 19.1 Å². The van der Waals surface area contributed by atoms with Crippen LogP contribution in [0.15, 0.2) is 53.4 Å². The average molecular weight is 447 g/mol. The standard InChI is InChI=1S/C24H34N2O4S/c1-17(2)21-9-7-8-10-22(21)30-18(3)23(27)25-15-16-26-31(28,29)20-13-11-19(12-14-20)24(4,5)6/h7-14,17-18,26H,15-16H2,1-6H3,(H,25,27). The van der Waals surface area contributed by atoms with E-state index >= 15 is 0 Å².